The van der Waals surface area contributed by atoms with E-state index < -0.39 is 21.8 Å². The summed E-state index contributed by atoms with van der Waals surface area (Å²) >= 11 is 0. The summed E-state index contributed by atoms with van der Waals surface area (Å²) in [4.78, 5) is 13.2. The summed E-state index contributed by atoms with van der Waals surface area (Å²) in [7, 11) is -1.64. The summed E-state index contributed by atoms with van der Waals surface area (Å²) in [5, 5.41) is 14.3. The number of aliphatic hydroxyl groups is 1. The first-order valence-electron chi connectivity index (χ1n) is 11.3. The Kier molecular flexibility index (Phi) is 5.75. The summed E-state index contributed by atoms with van der Waals surface area (Å²) in [6.07, 6.45) is 0.861. The number of amides is 1. The molecule has 5 rings (SSSR count). The van der Waals surface area contributed by atoms with E-state index in [1.807, 2.05) is 19.2 Å². The van der Waals surface area contributed by atoms with Crippen molar-refractivity contribution in [2.75, 3.05) is 0 Å². The third-order valence-electron chi connectivity index (χ3n) is 6.66. The highest BCUT2D eigenvalue weighted by molar-refractivity contribution is 7.91. The Labute approximate surface area is 198 Å². The predicted octanol–water partition coefficient (Wildman–Crippen LogP) is 3.72. The molecule has 2 N–H and O–H groups in total. The third kappa shape index (κ3) is 3.91. The van der Waals surface area contributed by atoms with E-state index in [1.54, 1.807) is 66.7 Å². The number of hydrogen-bond donors (Lipinski definition) is 2. The van der Waals surface area contributed by atoms with Crippen molar-refractivity contribution in [2.45, 2.75) is 41.2 Å². The highest BCUT2D eigenvalue weighted by atomic mass is 32.2. The average Bonchev–Trinajstić information content (AvgIpc) is 3.15. The largest absolute Gasteiger partial charge is 0.378 e. The quantitative estimate of drug-likeness (QED) is 0.462. The van der Waals surface area contributed by atoms with Crippen molar-refractivity contribution in [2.24, 2.45) is 7.05 Å². The van der Waals surface area contributed by atoms with E-state index in [-0.39, 0.29) is 15.8 Å². The number of fused-ring (bicyclic) bond motifs is 3. The fourth-order valence-electron chi connectivity index (χ4n) is 4.85. The van der Waals surface area contributed by atoms with Gasteiger partial charge in [0.05, 0.1) is 9.79 Å². The zero-order valence-electron chi connectivity index (χ0n) is 18.8. The SMILES string of the molecule is Cn1c2c(c3cc(S(=O)(=O)c4ccccc4)ccc31)C[C@@H](NC(=O)[C@@H](O)c1ccccc1)CC2. The van der Waals surface area contributed by atoms with Crippen LogP contribution < -0.4 is 5.32 Å². The molecule has 6 nitrogen and oxygen atoms in total. The zero-order chi connectivity index (χ0) is 23.9. The standard InChI is InChI=1S/C27H26N2O4S/c1-29-24-14-12-19(28-27(31)26(30)18-8-4-2-5-9-18)16-22(24)23-17-21(13-15-25(23)29)34(32,33)20-10-6-3-7-11-20/h2-11,13,15,17,19,26,30H,12,14,16H2,1H3,(H,28,31)/t19-,26-/m0/s1. The molecule has 3 aromatic carbocycles. The van der Waals surface area contributed by atoms with Gasteiger partial charge in [0.25, 0.3) is 5.91 Å². The number of aryl methyl sites for hydroxylation is 1. The minimum atomic E-state index is -3.63. The second kappa shape index (κ2) is 8.74. The molecule has 0 bridgehead atoms. The van der Waals surface area contributed by atoms with E-state index in [2.05, 4.69) is 9.88 Å². The number of aromatic nitrogens is 1. The molecule has 0 fully saturated rings. The maximum atomic E-state index is 13.2. The van der Waals surface area contributed by atoms with Crippen LogP contribution in [0.5, 0.6) is 0 Å². The molecule has 174 valence electrons. The Balaban J connectivity index is 1.45. The molecule has 1 amide bonds. The van der Waals surface area contributed by atoms with Crippen molar-refractivity contribution in [1.82, 2.24) is 9.88 Å². The van der Waals surface area contributed by atoms with Gasteiger partial charge in [0.15, 0.2) is 6.10 Å². The summed E-state index contributed by atoms with van der Waals surface area (Å²) in [6, 6.07) is 22.4. The Morgan fingerprint density at radius 1 is 1.00 bits per heavy atom. The number of benzene rings is 3. The molecule has 1 aliphatic carbocycles. The van der Waals surface area contributed by atoms with Crippen LogP contribution in [0.1, 0.15) is 29.3 Å². The van der Waals surface area contributed by atoms with Gasteiger partial charge in [0, 0.05) is 29.7 Å². The molecule has 7 heteroatoms. The molecule has 1 aromatic heterocycles. The van der Waals surface area contributed by atoms with E-state index in [0.29, 0.717) is 12.0 Å². The van der Waals surface area contributed by atoms with Gasteiger partial charge in [-0.2, -0.15) is 0 Å². The minimum absolute atomic E-state index is 0.140. The van der Waals surface area contributed by atoms with Gasteiger partial charge in [-0.3, -0.25) is 4.79 Å². The van der Waals surface area contributed by atoms with Crippen LogP contribution in [-0.2, 0) is 34.5 Å². The van der Waals surface area contributed by atoms with Crippen molar-refractivity contribution in [3.8, 4) is 0 Å². The molecule has 2 atom stereocenters. The first-order valence-corrected chi connectivity index (χ1v) is 12.8. The van der Waals surface area contributed by atoms with Crippen molar-refractivity contribution in [3.05, 3.63) is 95.7 Å². The highest BCUT2D eigenvalue weighted by Crippen LogP contribution is 2.34. The van der Waals surface area contributed by atoms with E-state index >= 15 is 0 Å². The second-order valence-corrected chi connectivity index (χ2v) is 10.7. The van der Waals surface area contributed by atoms with Gasteiger partial charge < -0.3 is 15.0 Å². The van der Waals surface area contributed by atoms with Crippen LogP contribution in [0.15, 0.2) is 88.7 Å². The maximum absolute atomic E-state index is 13.2. The van der Waals surface area contributed by atoms with E-state index in [0.717, 1.165) is 35.0 Å². The molecular formula is C27H26N2O4S. The lowest BCUT2D eigenvalue weighted by Crippen LogP contribution is -2.41. The normalized spacial score (nSPS) is 16.7. The molecule has 1 heterocycles. The van der Waals surface area contributed by atoms with Crippen LogP contribution in [0.2, 0.25) is 0 Å². The monoisotopic (exact) mass is 474 g/mol. The van der Waals surface area contributed by atoms with Crippen LogP contribution in [0, 0.1) is 0 Å². The lowest BCUT2D eigenvalue weighted by Gasteiger charge is -2.25. The van der Waals surface area contributed by atoms with Gasteiger partial charge in [-0.15, -0.1) is 0 Å². The number of sulfone groups is 1. The minimum Gasteiger partial charge on any atom is -0.378 e. The maximum Gasteiger partial charge on any atom is 0.253 e. The van der Waals surface area contributed by atoms with Crippen LogP contribution in [0.25, 0.3) is 10.9 Å². The summed E-state index contributed by atoms with van der Waals surface area (Å²) < 4.78 is 28.5. The van der Waals surface area contributed by atoms with E-state index in [9.17, 15) is 18.3 Å². The van der Waals surface area contributed by atoms with Crippen LogP contribution in [0.3, 0.4) is 0 Å². The molecule has 34 heavy (non-hydrogen) atoms. The zero-order valence-corrected chi connectivity index (χ0v) is 19.6. The Morgan fingerprint density at radius 2 is 1.68 bits per heavy atom. The Bertz CT molecular complexity index is 1460. The number of hydrogen-bond acceptors (Lipinski definition) is 4. The molecule has 0 unspecified atom stereocenters. The van der Waals surface area contributed by atoms with Crippen molar-refractivity contribution < 1.29 is 18.3 Å². The van der Waals surface area contributed by atoms with Gasteiger partial charge >= 0.3 is 0 Å². The highest BCUT2D eigenvalue weighted by Gasteiger charge is 2.28. The first-order chi connectivity index (χ1) is 16.4. The Hall–Kier alpha value is -3.42. The van der Waals surface area contributed by atoms with Gasteiger partial charge in [-0.25, -0.2) is 8.42 Å². The van der Waals surface area contributed by atoms with E-state index in [1.165, 1.54) is 0 Å². The lowest BCUT2D eigenvalue weighted by atomic mass is 9.91. The number of aliphatic hydroxyl groups excluding tert-OH is 1. The molecule has 0 saturated heterocycles. The summed E-state index contributed by atoms with van der Waals surface area (Å²) in [5.41, 5.74) is 3.72. The topological polar surface area (TPSA) is 88.4 Å². The van der Waals surface area contributed by atoms with Crippen LogP contribution in [-0.4, -0.2) is 30.0 Å². The van der Waals surface area contributed by atoms with Crippen molar-refractivity contribution in [3.63, 3.8) is 0 Å². The molecule has 0 radical (unpaired) electrons. The molecular weight excluding hydrogens is 448 g/mol. The second-order valence-electron chi connectivity index (χ2n) is 8.74. The summed E-state index contributed by atoms with van der Waals surface area (Å²) in [6.45, 7) is 0. The smallest absolute Gasteiger partial charge is 0.253 e. The number of nitrogens with one attached hydrogen (secondary N) is 1. The predicted molar refractivity (Wildman–Crippen MR) is 130 cm³/mol. The summed E-state index contributed by atoms with van der Waals surface area (Å²) in [5.74, 6) is -0.424. The number of carbonyl (C=O) groups is 1. The van der Waals surface area contributed by atoms with Gasteiger partial charge in [0.2, 0.25) is 9.84 Å². The Morgan fingerprint density at radius 3 is 2.38 bits per heavy atom. The fourth-order valence-corrected chi connectivity index (χ4v) is 6.16. The van der Waals surface area contributed by atoms with E-state index in [4.69, 9.17) is 0 Å². The third-order valence-corrected chi connectivity index (χ3v) is 8.43. The van der Waals surface area contributed by atoms with Crippen LogP contribution in [0.4, 0.5) is 0 Å². The number of carbonyl (C=O) groups excluding carboxylic acids is 1. The van der Waals surface area contributed by atoms with Crippen LogP contribution >= 0.6 is 0 Å². The molecule has 1 aliphatic rings. The first kappa shape index (κ1) is 22.4. The van der Waals surface area contributed by atoms with Crippen molar-refractivity contribution >= 4 is 26.6 Å². The van der Waals surface area contributed by atoms with Gasteiger partial charge in [0.1, 0.15) is 0 Å². The lowest BCUT2D eigenvalue weighted by molar-refractivity contribution is -0.130. The number of nitrogens with zero attached hydrogens (tertiary/aromatic N) is 1. The molecule has 0 saturated carbocycles. The number of rotatable bonds is 5. The van der Waals surface area contributed by atoms with Gasteiger partial charge in [-0.05, 0) is 60.7 Å². The molecule has 0 spiro atoms. The molecule has 4 aromatic rings. The van der Waals surface area contributed by atoms with Crippen molar-refractivity contribution in [1.29, 1.82) is 0 Å². The van der Waals surface area contributed by atoms with Gasteiger partial charge in [-0.1, -0.05) is 48.5 Å². The molecule has 0 aliphatic heterocycles. The average molecular weight is 475 g/mol. The fraction of sp³-hybridized carbons (Fsp3) is 0.222.